The van der Waals surface area contributed by atoms with Crippen molar-refractivity contribution in [3.8, 4) is 0 Å². The summed E-state index contributed by atoms with van der Waals surface area (Å²) in [4.78, 5) is 4.46. The highest BCUT2D eigenvalue weighted by atomic mass is 32.1. The Morgan fingerprint density at radius 2 is 2.00 bits per heavy atom. The molecule has 0 aliphatic carbocycles. The van der Waals surface area contributed by atoms with Crippen molar-refractivity contribution < 1.29 is 0 Å². The third-order valence-electron chi connectivity index (χ3n) is 1.53. The fraction of sp³-hybridized carbons (Fsp3) is 0.667. The summed E-state index contributed by atoms with van der Waals surface area (Å²) in [5.74, 6) is 0.531. The molecule has 0 unspecified atom stereocenters. The maximum absolute atomic E-state index is 4.46. The van der Waals surface area contributed by atoms with Crippen molar-refractivity contribution >= 4 is 16.5 Å². The van der Waals surface area contributed by atoms with Crippen LogP contribution in [0.1, 0.15) is 39.3 Å². The van der Waals surface area contributed by atoms with Crippen molar-refractivity contribution in [1.29, 1.82) is 0 Å². The summed E-state index contributed by atoms with van der Waals surface area (Å²) in [5, 5.41) is 6.44. The van der Waals surface area contributed by atoms with Gasteiger partial charge in [-0.1, -0.05) is 13.8 Å². The Labute approximate surface area is 78.0 Å². The summed E-state index contributed by atoms with van der Waals surface area (Å²) >= 11 is 1.68. The van der Waals surface area contributed by atoms with Crippen LogP contribution in [0.15, 0.2) is 5.38 Å². The van der Waals surface area contributed by atoms with E-state index in [0.717, 1.165) is 5.13 Å². The Morgan fingerprint density at radius 3 is 2.42 bits per heavy atom. The van der Waals surface area contributed by atoms with E-state index in [1.807, 2.05) is 0 Å². The number of anilines is 1. The predicted molar refractivity (Wildman–Crippen MR) is 55.0 cm³/mol. The van der Waals surface area contributed by atoms with E-state index in [9.17, 15) is 0 Å². The van der Waals surface area contributed by atoms with Crippen LogP contribution in [0.4, 0.5) is 5.13 Å². The molecule has 0 aromatic carbocycles. The first-order chi connectivity index (χ1) is 5.59. The first-order valence-corrected chi connectivity index (χ1v) is 5.19. The number of hydrogen-bond donors (Lipinski definition) is 1. The molecule has 0 saturated heterocycles. The highest BCUT2D eigenvalue weighted by Crippen LogP contribution is 2.21. The van der Waals surface area contributed by atoms with Crippen molar-refractivity contribution in [2.75, 3.05) is 5.32 Å². The molecule has 1 rings (SSSR count). The lowest BCUT2D eigenvalue weighted by molar-refractivity contribution is 0.827. The van der Waals surface area contributed by atoms with Gasteiger partial charge in [0.2, 0.25) is 0 Å². The van der Waals surface area contributed by atoms with Gasteiger partial charge in [0.05, 0.1) is 5.69 Å². The molecule has 0 saturated carbocycles. The van der Waals surface area contributed by atoms with Crippen LogP contribution < -0.4 is 5.32 Å². The third-order valence-corrected chi connectivity index (χ3v) is 2.32. The van der Waals surface area contributed by atoms with Gasteiger partial charge in [-0.3, -0.25) is 0 Å². The van der Waals surface area contributed by atoms with Crippen LogP contribution in [-0.4, -0.2) is 11.0 Å². The average Bonchev–Trinajstić information content (AvgIpc) is 2.34. The van der Waals surface area contributed by atoms with E-state index >= 15 is 0 Å². The Morgan fingerprint density at radius 1 is 1.33 bits per heavy atom. The number of rotatable bonds is 3. The van der Waals surface area contributed by atoms with Gasteiger partial charge in [0.25, 0.3) is 0 Å². The normalized spacial score (nSPS) is 11.2. The molecule has 0 radical (unpaired) electrons. The van der Waals surface area contributed by atoms with Gasteiger partial charge in [-0.15, -0.1) is 11.3 Å². The third kappa shape index (κ3) is 2.48. The van der Waals surface area contributed by atoms with Gasteiger partial charge in [0.1, 0.15) is 0 Å². The molecule has 0 spiro atoms. The molecule has 3 heteroatoms. The first kappa shape index (κ1) is 9.52. The second-order valence-corrected chi connectivity index (χ2v) is 4.39. The Bertz CT molecular complexity index is 240. The van der Waals surface area contributed by atoms with Crippen molar-refractivity contribution in [2.45, 2.75) is 39.7 Å². The highest BCUT2D eigenvalue weighted by molar-refractivity contribution is 7.13. The average molecular weight is 184 g/mol. The van der Waals surface area contributed by atoms with Gasteiger partial charge in [-0.2, -0.15) is 0 Å². The lowest BCUT2D eigenvalue weighted by Gasteiger charge is -2.04. The zero-order valence-electron chi connectivity index (χ0n) is 8.09. The maximum Gasteiger partial charge on any atom is 0.183 e. The largest absolute Gasteiger partial charge is 0.359 e. The molecule has 0 amide bonds. The molecular weight excluding hydrogens is 168 g/mol. The lowest BCUT2D eigenvalue weighted by atomic mass is 10.2. The smallest absolute Gasteiger partial charge is 0.183 e. The Balaban J connectivity index is 2.64. The number of hydrogen-bond acceptors (Lipinski definition) is 3. The molecule has 0 aliphatic rings. The number of thiazole rings is 1. The van der Waals surface area contributed by atoms with Gasteiger partial charge in [0.15, 0.2) is 5.13 Å². The summed E-state index contributed by atoms with van der Waals surface area (Å²) in [7, 11) is 0. The quantitative estimate of drug-likeness (QED) is 0.781. The number of nitrogens with zero attached hydrogens (tertiary/aromatic N) is 1. The first-order valence-electron chi connectivity index (χ1n) is 4.31. The van der Waals surface area contributed by atoms with Crippen molar-refractivity contribution in [3.05, 3.63) is 11.1 Å². The van der Waals surface area contributed by atoms with E-state index in [1.165, 1.54) is 5.69 Å². The minimum atomic E-state index is 0.469. The molecule has 1 aromatic rings. The maximum atomic E-state index is 4.46. The van der Waals surface area contributed by atoms with Crippen LogP contribution in [0.3, 0.4) is 0 Å². The molecule has 12 heavy (non-hydrogen) atoms. The molecule has 1 aromatic heterocycles. The summed E-state index contributed by atoms with van der Waals surface area (Å²) in [5.41, 5.74) is 1.18. The number of aromatic nitrogens is 1. The van der Waals surface area contributed by atoms with Crippen LogP contribution in [0, 0.1) is 0 Å². The van der Waals surface area contributed by atoms with Gasteiger partial charge in [-0.05, 0) is 19.8 Å². The van der Waals surface area contributed by atoms with Crippen molar-refractivity contribution in [1.82, 2.24) is 4.98 Å². The van der Waals surface area contributed by atoms with Crippen molar-refractivity contribution in [2.24, 2.45) is 0 Å². The molecule has 0 bridgehead atoms. The van der Waals surface area contributed by atoms with Crippen LogP contribution in [-0.2, 0) is 0 Å². The van der Waals surface area contributed by atoms with E-state index in [1.54, 1.807) is 11.3 Å². The minimum Gasteiger partial charge on any atom is -0.359 e. The van der Waals surface area contributed by atoms with Crippen LogP contribution in [0.25, 0.3) is 0 Å². The molecular formula is C9H16N2S. The summed E-state index contributed by atoms with van der Waals surface area (Å²) < 4.78 is 0. The predicted octanol–water partition coefficient (Wildman–Crippen LogP) is 3.09. The van der Waals surface area contributed by atoms with Gasteiger partial charge in [-0.25, -0.2) is 4.98 Å². The lowest BCUT2D eigenvalue weighted by Crippen LogP contribution is -2.09. The molecule has 2 nitrogen and oxygen atoms in total. The summed E-state index contributed by atoms with van der Waals surface area (Å²) in [6, 6.07) is 0.469. The standard InChI is InChI=1S/C9H16N2S/c1-6(2)8-5-12-9(11-8)10-7(3)4/h5-7H,1-4H3,(H,10,11). The molecule has 0 aliphatic heterocycles. The van der Waals surface area contributed by atoms with Gasteiger partial charge >= 0.3 is 0 Å². The molecule has 1 N–H and O–H groups in total. The van der Waals surface area contributed by atoms with E-state index in [2.05, 4.69) is 43.4 Å². The minimum absolute atomic E-state index is 0.469. The fourth-order valence-corrected chi connectivity index (χ4v) is 1.88. The van der Waals surface area contributed by atoms with Crippen molar-refractivity contribution in [3.63, 3.8) is 0 Å². The molecule has 0 fully saturated rings. The van der Waals surface area contributed by atoms with E-state index in [-0.39, 0.29) is 0 Å². The van der Waals surface area contributed by atoms with E-state index < -0.39 is 0 Å². The zero-order chi connectivity index (χ0) is 9.14. The SMILES string of the molecule is CC(C)Nc1nc(C(C)C)cs1. The molecule has 68 valence electrons. The van der Waals surface area contributed by atoms with Gasteiger partial charge in [0, 0.05) is 11.4 Å². The zero-order valence-corrected chi connectivity index (χ0v) is 8.90. The summed E-state index contributed by atoms with van der Waals surface area (Å²) in [6.07, 6.45) is 0. The van der Waals surface area contributed by atoms with Gasteiger partial charge < -0.3 is 5.32 Å². The monoisotopic (exact) mass is 184 g/mol. The molecule has 0 atom stereocenters. The Kier molecular flexibility index (Phi) is 3.09. The number of nitrogens with one attached hydrogen (secondary N) is 1. The Hall–Kier alpha value is -0.570. The van der Waals surface area contributed by atoms with Crippen LogP contribution in [0.5, 0.6) is 0 Å². The van der Waals surface area contributed by atoms with E-state index in [4.69, 9.17) is 0 Å². The van der Waals surface area contributed by atoms with Crippen LogP contribution >= 0.6 is 11.3 Å². The van der Waals surface area contributed by atoms with Crippen LogP contribution in [0.2, 0.25) is 0 Å². The molecule has 1 heterocycles. The second kappa shape index (κ2) is 3.90. The second-order valence-electron chi connectivity index (χ2n) is 3.53. The summed E-state index contributed by atoms with van der Waals surface area (Å²) in [6.45, 7) is 8.56. The highest BCUT2D eigenvalue weighted by Gasteiger charge is 2.05. The fourth-order valence-electron chi connectivity index (χ4n) is 0.865. The van der Waals surface area contributed by atoms with E-state index in [0.29, 0.717) is 12.0 Å². The topological polar surface area (TPSA) is 24.9 Å².